The lowest BCUT2D eigenvalue weighted by molar-refractivity contribution is 0.460. The quantitative estimate of drug-likeness (QED) is 0.248. The molecule has 196 valence electrons. The molecule has 4 aromatic rings. The summed E-state index contributed by atoms with van der Waals surface area (Å²) in [6.45, 7) is 1.84. The van der Waals surface area contributed by atoms with Gasteiger partial charge in [0.15, 0.2) is 0 Å². The van der Waals surface area contributed by atoms with E-state index in [0.29, 0.717) is 35.0 Å². The van der Waals surface area contributed by atoms with Crippen LogP contribution in [0.5, 0.6) is 11.6 Å². The second-order valence-corrected chi connectivity index (χ2v) is 11.3. The molecule has 0 radical (unpaired) electrons. The van der Waals surface area contributed by atoms with Crippen molar-refractivity contribution in [3.05, 3.63) is 83.6 Å². The second kappa shape index (κ2) is 11.4. The van der Waals surface area contributed by atoms with Crippen molar-refractivity contribution in [3.8, 4) is 22.9 Å². The Kier molecular flexibility index (Phi) is 7.76. The van der Waals surface area contributed by atoms with Gasteiger partial charge < -0.3 is 10.1 Å². The predicted molar refractivity (Wildman–Crippen MR) is 149 cm³/mol. The van der Waals surface area contributed by atoms with Crippen molar-refractivity contribution in [2.75, 3.05) is 10.0 Å². The molecule has 2 aromatic carbocycles. The van der Waals surface area contributed by atoms with Crippen molar-refractivity contribution < 1.29 is 13.2 Å². The van der Waals surface area contributed by atoms with Gasteiger partial charge in [-0.05, 0) is 73.9 Å². The number of aryl methyl sites for hydroxylation is 1. The molecule has 0 bridgehead atoms. The topological polar surface area (TPSA) is 106 Å². The number of pyridine rings is 1. The average molecular weight is 550 g/mol. The first-order valence-electron chi connectivity index (χ1n) is 12.5. The number of anilines is 2. The molecule has 0 aliphatic heterocycles. The van der Waals surface area contributed by atoms with Crippen molar-refractivity contribution in [1.82, 2.24) is 15.0 Å². The molecule has 38 heavy (non-hydrogen) atoms. The van der Waals surface area contributed by atoms with Crippen LogP contribution in [-0.2, 0) is 10.0 Å². The third-order valence-electron chi connectivity index (χ3n) is 6.40. The highest BCUT2D eigenvalue weighted by Crippen LogP contribution is 2.34. The van der Waals surface area contributed by atoms with Gasteiger partial charge >= 0.3 is 0 Å². The zero-order valence-electron chi connectivity index (χ0n) is 20.9. The Morgan fingerprint density at radius 1 is 0.947 bits per heavy atom. The maximum absolute atomic E-state index is 12.8. The average Bonchev–Trinajstić information content (AvgIpc) is 2.91. The summed E-state index contributed by atoms with van der Waals surface area (Å²) in [7, 11) is -3.85. The van der Waals surface area contributed by atoms with E-state index in [1.165, 1.54) is 31.4 Å². The van der Waals surface area contributed by atoms with Gasteiger partial charge in [-0.15, -0.1) is 0 Å². The Morgan fingerprint density at radius 2 is 1.76 bits per heavy atom. The number of hydrogen-bond acceptors (Lipinski definition) is 7. The summed E-state index contributed by atoms with van der Waals surface area (Å²) in [5.74, 6) is 1.53. The van der Waals surface area contributed by atoms with Crippen LogP contribution in [0.15, 0.2) is 78.0 Å². The Labute approximate surface area is 227 Å². The third kappa shape index (κ3) is 6.06. The zero-order valence-corrected chi connectivity index (χ0v) is 22.5. The Morgan fingerprint density at radius 3 is 2.55 bits per heavy atom. The lowest BCUT2D eigenvalue weighted by Gasteiger charge is -2.22. The summed E-state index contributed by atoms with van der Waals surface area (Å²) in [5, 5.41) is 3.62. The van der Waals surface area contributed by atoms with E-state index in [0.717, 1.165) is 24.0 Å². The van der Waals surface area contributed by atoms with E-state index >= 15 is 0 Å². The van der Waals surface area contributed by atoms with Crippen LogP contribution in [0.2, 0.25) is 5.02 Å². The molecular weight excluding hydrogens is 522 g/mol. The van der Waals surface area contributed by atoms with E-state index < -0.39 is 10.0 Å². The van der Waals surface area contributed by atoms with Crippen molar-refractivity contribution in [1.29, 1.82) is 0 Å². The molecule has 1 saturated carbocycles. The lowest BCUT2D eigenvalue weighted by atomic mass is 9.96. The fourth-order valence-corrected chi connectivity index (χ4v) is 6.05. The van der Waals surface area contributed by atoms with Crippen LogP contribution in [0.3, 0.4) is 0 Å². The normalized spacial score (nSPS) is 14.2. The molecule has 1 aliphatic rings. The highest BCUT2D eigenvalue weighted by Gasteiger charge is 2.19. The summed E-state index contributed by atoms with van der Waals surface area (Å²) in [4.78, 5) is 13.6. The number of aromatic nitrogens is 3. The standard InChI is InChI=1S/C28H28ClN5O3S/c1-19-18-21(34-38(35,36)26-12-6-5-11-23(26)29)13-14-25(19)37-27-22(10-7-16-30-27)24-15-17-31-28(33-24)32-20-8-3-2-4-9-20/h5-7,10-18,20,34H,2-4,8-9H2,1H3,(H,31,32,33). The van der Waals surface area contributed by atoms with Gasteiger partial charge in [-0.1, -0.05) is 43.0 Å². The monoisotopic (exact) mass is 549 g/mol. The SMILES string of the molecule is Cc1cc(NS(=O)(=O)c2ccccc2Cl)ccc1Oc1ncccc1-c1ccnc(NC2CCCCC2)n1. The minimum atomic E-state index is -3.85. The molecule has 0 spiro atoms. The number of sulfonamides is 1. The highest BCUT2D eigenvalue weighted by molar-refractivity contribution is 7.92. The van der Waals surface area contributed by atoms with E-state index in [2.05, 4.69) is 20.0 Å². The number of hydrogen-bond donors (Lipinski definition) is 2. The van der Waals surface area contributed by atoms with E-state index in [4.69, 9.17) is 21.3 Å². The van der Waals surface area contributed by atoms with Gasteiger partial charge in [0.2, 0.25) is 11.8 Å². The largest absolute Gasteiger partial charge is 0.438 e. The van der Waals surface area contributed by atoms with Gasteiger partial charge in [0, 0.05) is 24.1 Å². The molecule has 2 aromatic heterocycles. The van der Waals surface area contributed by atoms with Crippen LogP contribution in [0.1, 0.15) is 37.7 Å². The maximum atomic E-state index is 12.8. The van der Waals surface area contributed by atoms with Gasteiger partial charge in [-0.3, -0.25) is 4.72 Å². The first-order chi connectivity index (χ1) is 18.4. The molecule has 2 heterocycles. The molecule has 5 rings (SSSR count). The summed E-state index contributed by atoms with van der Waals surface area (Å²) in [5.41, 5.74) is 2.54. The minimum Gasteiger partial charge on any atom is -0.438 e. The summed E-state index contributed by atoms with van der Waals surface area (Å²) in [6, 6.07) is 17.3. The van der Waals surface area contributed by atoms with Crippen LogP contribution in [-0.4, -0.2) is 29.4 Å². The molecule has 0 saturated heterocycles. The zero-order chi connectivity index (χ0) is 26.5. The first-order valence-corrected chi connectivity index (χ1v) is 14.4. The molecule has 1 fully saturated rings. The van der Waals surface area contributed by atoms with Gasteiger partial charge in [-0.2, -0.15) is 0 Å². The fraction of sp³-hybridized carbons (Fsp3) is 0.250. The van der Waals surface area contributed by atoms with Crippen LogP contribution < -0.4 is 14.8 Å². The summed E-state index contributed by atoms with van der Waals surface area (Å²) in [6.07, 6.45) is 9.35. The maximum Gasteiger partial charge on any atom is 0.263 e. The van der Waals surface area contributed by atoms with Gasteiger partial charge in [0.1, 0.15) is 10.6 Å². The van der Waals surface area contributed by atoms with E-state index in [9.17, 15) is 8.42 Å². The number of ether oxygens (including phenoxy) is 1. The predicted octanol–water partition coefficient (Wildman–Crippen LogP) is 6.84. The number of benzene rings is 2. The van der Waals surface area contributed by atoms with Crippen molar-refractivity contribution in [2.24, 2.45) is 0 Å². The smallest absolute Gasteiger partial charge is 0.263 e. The molecular formula is C28H28ClN5O3S. The molecule has 2 N–H and O–H groups in total. The molecule has 10 heteroatoms. The van der Waals surface area contributed by atoms with Crippen LogP contribution >= 0.6 is 11.6 Å². The minimum absolute atomic E-state index is 0.0139. The number of nitrogens with one attached hydrogen (secondary N) is 2. The van der Waals surface area contributed by atoms with Crippen LogP contribution in [0.25, 0.3) is 11.3 Å². The Balaban J connectivity index is 1.35. The van der Waals surface area contributed by atoms with Gasteiger partial charge in [0.05, 0.1) is 16.3 Å². The molecule has 0 unspecified atom stereocenters. The summed E-state index contributed by atoms with van der Waals surface area (Å²) >= 11 is 6.09. The van der Waals surface area contributed by atoms with Gasteiger partial charge in [-0.25, -0.2) is 23.4 Å². The molecule has 0 amide bonds. The van der Waals surface area contributed by atoms with Crippen molar-refractivity contribution in [2.45, 2.75) is 50.0 Å². The van der Waals surface area contributed by atoms with Gasteiger partial charge in [0.25, 0.3) is 10.0 Å². The van der Waals surface area contributed by atoms with Crippen molar-refractivity contribution in [3.63, 3.8) is 0 Å². The Hall–Kier alpha value is -3.69. The van der Waals surface area contributed by atoms with E-state index in [1.54, 1.807) is 42.7 Å². The van der Waals surface area contributed by atoms with Crippen LogP contribution in [0.4, 0.5) is 11.6 Å². The fourth-order valence-electron chi connectivity index (χ4n) is 4.48. The summed E-state index contributed by atoms with van der Waals surface area (Å²) < 4.78 is 34.4. The number of rotatable bonds is 8. The highest BCUT2D eigenvalue weighted by atomic mass is 35.5. The van der Waals surface area contributed by atoms with Crippen LogP contribution in [0, 0.1) is 6.92 Å². The molecule has 8 nitrogen and oxygen atoms in total. The third-order valence-corrected chi connectivity index (χ3v) is 8.28. The number of nitrogens with zero attached hydrogens (tertiary/aromatic N) is 3. The molecule has 1 aliphatic carbocycles. The lowest BCUT2D eigenvalue weighted by Crippen LogP contribution is -2.23. The molecule has 0 atom stereocenters. The first kappa shape index (κ1) is 25.9. The van der Waals surface area contributed by atoms with Crippen molar-refractivity contribution >= 4 is 33.3 Å². The number of halogens is 1. The Bertz CT molecular complexity index is 1540. The van der Waals surface area contributed by atoms with E-state index in [-0.39, 0.29) is 9.92 Å². The van der Waals surface area contributed by atoms with E-state index in [1.807, 2.05) is 25.1 Å². The second-order valence-electron chi connectivity index (χ2n) is 9.22.